The van der Waals surface area contributed by atoms with Crippen LogP contribution < -0.4 is 0 Å². The van der Waals surface area contributed by atoms with Crippen molar-refractivity contribution < 1.29 is 4.74 Å². The summed E-state index contributed by atoms with van der Waals surface area (Å²) in [5.74, 6) is 0. The van der Waals surface area contributed by atoms with Gasteiger partial charge in [-0.25, -0.2) is 0 Å². The van der Waals surface area contributed by atoms with E-state index in [2.05, 4.69) is 21.8 Å². The van der Waals surface area contributed by atoms with Crippen molar-refractivity contribution in [2.24, 2.45) is 12.5 Å². The Morgan fingerprint density at radius 1 is 1.23 bits per heavy atom. The molecule has 0 saturated carbocycles. The summed E-state index contributed by atoms with van der Waals surface area (Å²) in [7, 11) is 3.83. The quantitative estimate of drug-likeness (QED) is 0.828. The van der Waals surface area contributed by atoms with E-state index in [-0.39, 0.29) is 0 Å². The average molecular weight is 306 g/mol. The van der Waals surface area contributed by atoms with Gasteiger partial charge in [0, 0.05) is 51.6 Å². The number of nitrogens with zero attached hydrogens (tertiary/aromatic N) is 4. The number of methoxy groups -OCH3 is 1. The zero-order valence-electron chi connectivity index (χ0n) is 14.3. The van der Waals surface area contributed by atoms with E-state index in [0.717, 1.165) is 19.7 Å². The number of hydrogen-bond acceptors (Lipinski definition) is 4. The van der Waals surface area contributed by atoms with E-state index in [4.69, 9.17) is 4.74 Å². The minimum Gasteiger partial charge on any atom is -0.383 e. The van der Waals surface area contributed by atoms with Crippen molar-refractivity contribution in [3.63, 3.8) is 0 Å². The Kier molecular flexibility index (Phi) is 4.85. The molecule has 22 heavy (non-hydrogen) atoms. The molecule has 1 spiro atoms. The van der Waals surface area contributed by atoms with Crippen molar-refractivity contribution in [2.75, 3.05) is 46.4 Å². The first-order valence-electron chi connectivity index (χ1n) is 8.53. The third kappa shape index (κ3) is 3.36. The highest BCUT2D eigenvalue weighted by Gasteiger charge is 2.41. The van der Waals surface area contributed by atoms with E-state index >= 15 is 0 Å². The van der Waals surface area contributed by atoms with Crippen LogP contribution in [0.5, 0.6) is 0 Å². The van der Waals surface area contributed by atoms with Crippen molar-refractivity contribution in [2.45, 2.75) is 32.7 Å². The Labute approximate surface area is 134 Å². The fraction of sp³-hybridized carbons (Fsp3) is 0.824. The van der Waals surface area contributed by atoms with E-state index in [9.17, 15) is 0 Å². The first-order valence-corrected chi connectivity index (χ1v) is 8.53. The maximum Gasteiger partial charge on any atom is 0.0589 e. The van der Waals surface area contributed by atoms with Gasteiger partial charge in [0.05, 0.1) is 12.8 Å². The molecule has 3 heterocycles. The lowest BCUT2D eigenvalue weighted by atomic mass is 9.79. The number of hydrogen-bond donors (Lipinski definition) is 0. The molecule has 2 saturated heterocycles. The molecule has 2 fully saturated rings. The standard InChI is InChI=1S/C17H30N4O/c1-15-16(11-18-19(15)2)12-21-8-6-17(14-21)5-4-7-20(13-17)9-10-22-3/h11H,4-10,12-14H2,1-3H3. The number of rotatable bonds is 5. The molecule has 0 radical (unpaired) electrons. The highest BCUT2D eigenvalue weighted by molar-refractivity contribution is 5.16. The molecule has 124 valence electrons. The molecule has 0 aliphatic carbocycles. The van der Waals surface area contributed by atoms with Gasteiger partial charge < -0.3 is 9.64 Å². The normalized spacial score (nSPS) is 27.0. The van der Waals surface area contributed by atoms with Gasteiger partial charge in [0.2, 0.25) is 0 Å². The summed E-state index contributed by atoms with van der Waals surface area (Å²) in [6.45, 7) is 10.1. The smallest absolute Gasteiger partial charge is 0.0589 e. The fourth-order valence-corrected chi connectivity index (χ4v) is 4.16. The lowest BCUT2D eigenvalue weighted by Crippen LogP contribution is -2.45. The Hall–Kier alpha value is -0.910. The van der Waals surface area contributed by atoms with Crippen LogP contribution in [0.3, 0.4) is 0 Å². The SMILES string of the molecule is COCCN1CCCC2(CCN(Cc3cnn(C)c3C)C2)C1. The summed E-state index contributed by atoms with van der Waals surface area (Å²) in [6.07, 6.45) is 6.10. The molecule has 1 atom stereocenters. The monoisotopic (exact) mass is 306 g/mol. The van der Waals surface area contributed by atoms with Gasteiger partial charge in [-0.1, -0.05) is 0 Å². The number of likely N-dealkylation sites (tertiary alicyclic amines) is 2. The van der Waals surface area contributed by atoms with Crippen LogP contribution in [0.15, 0.2) is 6.20 Å². The Morgan fingerprint density at radius 2 is 2.05 bits per heavy atom. The van der Waals surface area contributed by atoms with Crippen molar-refractivity contribution in [3.05, 3.63) is 17.5 Å². The zero-order valence-corrected chi connectivity index (χ0v) is 14.3. The third-order valence-corrected chi connectivity index (χ3v) is 5.60. The predicted octanol–water partition coefficient (Wildman–Crippen LogP) is 1.66. The number of aromatic nitrogens is 2. The molecule has 0 aromatic carbocycles. The summed E-state index contributed by atoms with van der Waals surface area (Å²) in [4.78, 5) is 5.23. The van der Waals surface area contributed by atoms with Gasteiger partial charge in [-0.3, -0.25) is 9.58 Å². The second-order valence-corrected chi connectivity index (χ2v) is 7.21. The number of piperidine rings is 1. The molecule has 1 aromatic heterocycles. The maximum atomic E-state index is 5.25. The van der Waals surface area contributed by atoms with Gasteiger partial charge in [0.1, 0.15) is 0 Å². The molecule has 3 rings (SSSR count). The predicted molar refractivity (Wildman–Crippen MR) is 87.8 cm³/mol. The lowest BCUT2D eigenvalue weighted by Gasteiger charge is -2.40. The van der Waals surface area contributed by atoms with E-state index < -0.39 is 0 Å². The van der Waals surface area contributed by atoms with Crippen LogP contribution in [-0.2, 0) is 18.3 Å². The highest BCUT2D eigenvalue weighted by atomic mass is 16.5. The molecular weight excluding hydrogens is 276 g/mol. The molecule has 0 N–H and O–H groups in total. The first-order chi connectivity index (χ1) is 10.6. The van der Waals surface area contributed by atoms with Crippen molar-refractivity contribution >= 4 is 0 Å². The minimum absolute atomic E-state index is 0.516. The van der Waals surface area contributed by atoms with Crippen molar-refractivity contribution in [3.8, 4) is 0 Å². The molecular formula is C17H30N4O. The van der Waals surface area contributed by atoms with Gasteiger partial charge in [0.25, 0.3) is 0 Å². The molecule has 1 aromatic rings. The van der Waals surface area contributed by atoms with Crippen molar-refractivity contribution in [1.82, 2.24) is 19.6 Å². The van der Waals surface area contributed by atoms with Gasteiger partial charge in [0.15, 0.2) is 0 Å². The molecule has 0 amide bonds. The topological polar surface area (TPSA) is 33.5 Å². The number of aryl methyl sites for hydroxylation is 1. The maximum absolute atomic E-state index is 5.25. The summed E-state index contributed by atoms with van der Waals surface area (Å²) >= 11 is 0. The van der Waals surface area contributed by atoms with E-state index in [0.29, 0.717) is 5.41 Å². The first kappa shape index (κ1) is 16.0. The van der Waals surface area contributed by atoms with E-state index in [1.807, 2.05) is 17.9 Å². The lowest BCUT2D eigenvalue weighted by molar-refractivity contribution is 0.0673. The van der Waals surface area contributed by atoms with Crippen LogP contribution in [-0.4, -0.2) is 66.0 Å². The Morgan fingerprint density at radius 3 is 2.77 bits per heavy atom. The summed E-state index contributed by atoms with van der Waals surface area (Å²) in [5, 5.41) is 4.38. The Balaban J connectivity index is 1.57. The second-order valence-electron chi connectivity index (χ2n) is 7.21. The van der Waals surface area contributed by atoms with E-state index in [1.54, 1.807) is 7.11 Å². The molecule has 5 nitrogen and oxygen atoms in total. The fourth-order valence-electron chi connectivity index (χ4n) is 4.16. The molecule has 1 unspecified atom stereocenters. The molecule has 2 aliphatic heterocycles. The van der Waals surface area contributed by atoms with Gasteiger partial charge in [-0.05, 0) is 44.7 Å². The molecule has 2 aliphatic rings. The summed E-state index contributed by atoms with van der Waals surface area (Å²) in [5.41, 5.74) is 3.19. The number of ether oxygens (including phenoxy) is 1. The molecule has 5 heteroatoms. The van der Waals surface area contributed by atoms with Gasteiger partial charge >= 0.3 is 0 Å². The summed E-state index contributed by atoms with van der Waals surface area (Å²) < 4.78 is 7.23. The third-order valence-electron chi connectivity index (χ3n) is 5.60. The molecule has 0 bridgehead atoms. The summed E-state index contributed by atoms with van der Waals surface area (Å²) in [6, 6.07) is 0. The van der Waals surface area contributed by atoms with Crippen LogP contribution >= 0.6 is 0 Å². The van der Waals surface area contributed by atoms with Crippen molar-refractivity contribution in [1.29, 1.82) is 0 Å². The highest BCUT2D eigenvalue weighted by Crippen LogP contribution is 2.39. The van der Waals surface area contributed by atoms with E-state index in [1.165, 1.54) is 56.7 Å². The minimum atomic E-state index is 0.516. The Bertz CT molecular complexity index is 501. The van der Waals surface area contributed by atoms with Crippen LogP contribution in [0.4, 0.5) is 0 Å². The van der Waals surface area contributed by atoms with Crippen LogP contribution in [0.2, 0.25) is 0 Å². The van der Waals surface area contributed by atoms with Crippen LogP contribution in [0.1, 0.15) is 30.5 Å². The van der Waals surface area contributed by atoms with Gasteiger partial charge in [-0.15, -0.1) is 0 Å². The van der Waals surface area contributed by atoms with Crippen LogP contribution in [0, 0.1) is 12.3 Å². The largest absolute Gasteiger partial charge is 0.383 e. The van der Waals surface area contributed by atoms with Gasteiger partial charge in [-0.2, -0.15) is 5.10 Å². The zero-order chi connectivity index (χ0) is 15.6. The van der Waals surface area contributed by atoms with Crippen LogP contribution in [0.25, 0.3) is 0 Å². The second kappa shape index (κ2) is 6.69. The average Bonchev–Trinajstić information content (AvgIpc) is 3.04.